The summed E-state index contributed by atoms with van der Waals surface area (Å²) in [6, 6.07) is 10.1. The molecule has 0 spiro atoms. The third-order valence-electron chi connectivity index (χ3n) is 4.26. The van der Waals surface area contributed by atoms with Gasteiger partial charge < -0.3 is 25.0 Å². The summed E-state index contributed by atoms with van der Waals surface area (Å²) in [6.45, 7) is 0.305. The summed E-state index contributed by atoms with van der Waals surface area (Å²) in [5.74, 6) is 0.420. The summed E-state index contributed by atoms with van der Waals surface area (Å²) in [5.41, 5.74) is 0.729. The number of rotatable bonds is 5. The zero-order valence-corrected chi connectivity index (χ0v) is 15.0. The maximum atomic E-state index is 13.6. The quantitative estimate of drug-likeness (QED) is 0.845. The van der Waals surface area contributed by atoms with E-state index < -0.39 is 17.9 Å². The number of hydrogen-bond acceptors (Lipinski definition) is 4. The second kappa shape index (κ2) is 7.94. The Morgan fingerprint density at radius 3 is 2.59 bits per heavy atom. The van der Waals surface area contributed by atoms with Crippen LogP contribution in [0.4, 0.5) is 20.6 Å². The number of methoxy groups -OCH3 is 2. The number of ether oxygens (including phenoxy) is 2. The first-order valence-electron chi connectivity index (χ1n) is 8.36. The first-order chi connectivity index (χ1) is 13.0. The zero-order chi connectivity index (χ0) is 19.4. The number of hydrogen-bond donors (Lipinski definition) is 2. The van der Waals surface area contributed by atoms with Gasteiger partial charge >= 0.3 is 6.03 Å². The van der Waals surface area contributed by atoms with Crippen molar-refractivity contribution in [3.63, 3.8) is 0 Å². The topological polar surface area (TPSA) is 79.9 Å². The van der Waals surface area contributed by atoms with E-state index in [2.05, 4.69) is 10.6 Å². The first kappa shape index (κ1) is 18.5. The van der Waals surface area contributed by atoms with Crippen molar-refractivity contribution in [2.75, 3.05) is 31.0 Å². The maximum absolute atomic E-state index is 13.6. The summed E-state index contributed by atoms with van der Waals surface area (Å²) in [5, 5.41) is 5.15. The van der Waals surface area contributed by atoms with Gasteiger partial charge in [0.25, 0.3) is 0 Å². The van der Waals surface area contributed by atoms with Crippen molar-refractivity contribution in [1.29, 1.82) is 0 Å². The number of carbonyl (C=O) groups is 2. The molecule has 2 N–H and O–H groups in total. The molecule has 1 aliphatic heterocycles. The Bertz CT molecular complexity index is 859. The highest BCUT2D eigenvalue weighted by molar-refractivity contribution is 5.98. The normalized spacial score (nSPS) is 16.2. The Balaban J connectivity index is 1.65. The average molecular weight is 373 g/mol. The molecule has 27 heavy (non-hydrogen) atoms. The van der Waals surface area contributed by atoms with E-state index in [9.17, 15) is 14.0 Å². The van der Waals surface area contributed by atoms with Crippen LogP contribution < -0.4 is 25.0 Å². The highest BCUT2D eigenvalue weighted by Crippen LogP contribution is 2.33. The minimum absolute atomic E-state index is 0.0797. The van der Waals surface area contributed by atoms with Crippen molar-refractivity contribution < 1.29 is 23.5 Å². The van der Waals surface area contributed by atoms with Crippen LogP contribution in [0.1, 0.15) is 6.42 Å². The fraction of sp³-hybridized carbons (Fsp3) is 0.263. The Labute approximate surface area is 156 Å². The van der Waals surface area contributed by atoms with Crippen LogP contribution in [-0.2, 0) is 4.79 Å². The number of nitrogens with one attached hydrogen (secondary N) is 2. The fourth-order valence-electron chi connectivity index (χ4n) is 2.95. The maximum Gasteiger partial charge on any atom is 0.319 e. The largest absolute Gasteiger partial charge is 0.493 e. The molecule has 3 amide bonds. The lowest BCUT2D eigenvalue weighted by atomic mass is 10.2. The van der Waals surface area contributed by atoms with Crippen molar-refractivity contribution in [2.24, 2.45) is 0 Å². The van der Waals surface area contributed by atoms with Gasteiger partial charge in [0.15, 0.2) is 11.5 Å². The molecule has 1 fully saturated rings. The number of para-hydroxylation sites is 1. The van der Waals surface area contributed by atoms with E-state index in [1.54, 1.807) is 29.2 Å². The summed E-state index contributed by atoms with van der Waals surface area (Å²) < 4.78 is 24.1. The van der Waals surface area contributed by atoms with Crippen LogP contribution in [0.25, 0.3) is 0 Å². The van der Waals surface area contributed by atoms with Crippen LogP contribution in [0, 0.1) is 5.82 Å². The highest BCUT2D eigenvalue weighted by Gasteiger charge is 2.32. The van der Waals surface area contributed by atoms with E-state index in [1.807, 2.05) is 0 Å². The van der Waals surface area contributed by atoms with E-state index in [0.717, 1.165) is 0 Å². The lowest BCUT2D eigenvalue weighted by Gasteiger charge is -2.19. The Morgan fingerprint density at radius 1 is 1.15 bits per heavy atom. The van der Waals surface area contributed by atoms with Crippen LogP contribution in [-0.4, -0.2) is 38.7 Å². The number of urea groups is 1. The molecule has 0 aliphatic carbocycles. The predicted octanol–water partition coefficient (Wildman–Crippen LogP) is 2.77. The van der Waals surface area contributed by atoms with E-state index in [-0.39, 0.29) is 18.0 Å². The second-order valence-electron chi connectivity index (χ2n) is 6.02. The Kier molecular flexibility index (Phi) is 5.44. The molecule has 0 unspecified atom stereocenters. The SMILES string of the molecule is COc1ccc(N2C[C@@H](NC(=O)Nc3ccccc3F)CC2=O)cc1OC. The van der Waals surface area contributed by atoms with Crippen LogP contribution in [0.2, 0.25) is 0 Å². The van der Waals surface area contributed by atoms with Crippen LogP contribution in [0.3, 0.4) is 0 Å². The zero-order valence-electron chi connectivity index (χ0n) is 15.0. The van der Waals surface area contributed by atoms with Crippen LogP contribution in [0.5, 0.6) is 11.5 Å². The van der Waals surface area contributed by atoms with Gasteiger partial charge in [-0.1, -0.05) is 12.1 Å². The van der Waals surface area contributed by atoms with E-state index in [0.29, 0.717) is 23.7 Å². The van der Waals surface area contributed by atoms with Crippen molar-refractivity contribution in [3.05, 3.63) is 48.3 Å². The lowest BCUT2D eigenvalue weighted by molar-refractivity contribution is -0.117. The molecule has 1 aliphatic rings. The second-order valence-corrected chi connectivity index (χ2v) is 6.02. The van der Waals surface area contributed by atoms with Gasteiger partial charge in [0, 0.05) is 24.7 Å². The molecule has 1 heterocycles. The summed E-state index contributed by atoms with van der Waals surface area (Å²) in [6.07, 6.45) is 0.152. The van der Waals surface area contributed by atoms with Crippen molar-refractivity contribution >= 4 is 23.3 Å². The molecule has 0 radical (unpaired) electrons. The molecule has 7 nitrogen and oxygen atoms in total. The van der Waals surface area contributed by atoms with Gasteiger partial charge in [-0.3, -0.25) is 4.79 Å². The number of anilines is 2. The molecule has 142 valence electrons. The number of nitrogens with zero attached hydrogens (tertiary/aromatic N) is 1. The Morgan fingerprint density at radius 2 is 1.89 bits per heavy atom. The molecule has 1 saturated heterocycles. The number of carbonyl (C=O) groups excluding carboxylic acids is 2. The molecular weight excluding hydrogens is 353 g/mol. The van der Waals surface area contributed by atoms with Gasteiger partial charge in [0.05, 0.1) is 25.9 Å². The smallest absolute Gasteiger partial charge is 0.319 e. The van der Waals surface area contributed by atoms with Gasteiger partial charge in [0.1, 0.15) is 5.82 Å². The van der Waals surface area contributed by atoms with Gasteiger partial charge in [0.2, 0.25) is 5.91 Å². The average Bonchev–Trinajstić information content (AvgIpc) is 3.03. The lowest BCUT2D eigenvalue weighted by Crippen LogP contribution is -2.39. The van der Waals surface area contributed by atoms with E-state index in [1.165, 1.54) is 32.4 Å². The molecule has 1 atom stereocenters. The van der Waals surface area contributed by atoms with Crippen molar-refractivity contribution in [3.8, 4) is 11.5 Å². The monoisotopic (exact) mass is 373 g/mol. The molecule has 0 saturated carbocycles. The Hall–Kier alpha value is -3.29. The summed E-state index contributed by atoms with van der Waals surface area (Å²) in [7, 11) is 3.05. The standard InChI is InChI=1S/C19H20FN3O4/c1-26-16-8-7-13(10-17(16)27-2)23-11-12(9-18(23)24)21-19(25)22-15-6-4-3-5-14(15)20/h3-8,10,12H,9,11H2,1-2H3,(H2,21,22,25)/t12-/m0/s1. The number of halogens is 1. The van der Waals surface area contributed by atoms with Gasteiger partial charge in [-0.05, 0) is 24.3 Å². The minimum Gasteiger partial charge on any atom is -0.493 e. The molecular formula is C19H20FN3O4. The van der Waals surface area contributed by atoms with Crippen molar-refractivity contribution in [2.45, 2.75) is 12.5 Å². The van der Waals surface area contributed by atoms with E-state index >= 15 is 0 Å². The van der Waals surface area contributed by atoms with Crippen LogP contribution >= 0.6 is 0 Å². The van der Waals surface area contributed by atoms with E-state index in [4.69, 9.17) is 9.47 Å². The minimum atomic E-state index is -0.563. The number of amides is 3. The van der Waals surface area contributed by atoms with Crippen molar-refractivity contribution in [1.82, 2.24) is 5.32 Å². The van der Waals surface area contributed by atoms with Gasteiger partial charge in [-0.25, -0.2) is 9.18 Å². The molecule has 0 aromatic heterocycles. The predicted molar refractivity (Wildman–Crippen MR) is 98.9 cm³/mol. The first-order valence-corrected chi connectivity index (χ1v) is 8.36. The summed E-state index contributed by atoms with van der Waals surface area (Å²) >= 11 is 0. The van der Waals surface area contributed by atoms with Gasteiger partial charge in [-0.2, -0.15) is 0 Å². The third kappa shape index (κ3) is 4.11. The third-order valence-corrected chi connectivity index (χ3v) is 4.26. The fourth-order valence-corrected chi connectivity index (χ4v) is 2.95. The molecule has 3 rings (SSSR count). The highest BCUT2D eigenvalue weighted by atomic mass is 19.1. The molecule has 0 bridgehead atoms. The number of benzene rings is 2. The molecule has 8 heteroatoms. The van der Waals surface area contributed by atoms with Gasteiger partial charge in [-0.15, -0.1) is 0 Å². The molecule has 2 aromatic carbocycles. The molecule has 2 aromatic rings. The van der Waals surface area contributed by atoms with Crippen LogP contribution in [0.15, 0.2) is 42.5 Å². The summed E-state index contributed by atoms with van der Waals surface area (Å²) in [4.78, 5) is 26.0.